The summed E-state index contributed by atoms with van der Waals surface area (Å²) in [6.45, 7) is 3.56. The third-order valence-corrected chi connectivity index (χ3v) is 3.43. The van der Waals surface area contributed by atoms with Crippen LogP contribution in [0.3, 0.4) is 0 Å². The normalized spacial score (nSPS) is 27.3. The fraction of sp³-hybridized carbons (Fsp3) is 0.571. The van der Waals surface area contributed by atoms with Crippen LogP contribution in [0.1, 0.15) is 32.1 Å². The van der Waals surface area contributed by atoms with Crippen LogP contribution in [-0.4, -0.2) is 39.9 Å². The molecule has 1 aliphatic rings. The number of amides is 1. The van der Waals surface area contributed by atoms with Crippen LogP contribution in [0.15, 0.2) is 18.3 Å². The van der Waals surface area contributed by atoms with Crippen LogP contribution >= 0.6 is 0 Å². The molecule has 2 heterocycles. The first-order valence-electron chi connectivity index (χ1n) is 6.72. The molecule has 0 aliphatic carbocycles. The van der Waals surface area contributed by atoms with Crippen molar-refractivity contribution in [2.24, 2.45) is 5.92 Å². The molecule has 1 aliphatic heterocycles. The van der Waals surface area contributed by atoms with Crippen molar-refractivity contribution in [3.63, 3.8) is 0 Å². The number of carbonyl (C=O) groups is 1. The maximum absolute atomic E-state index is 12.1. The van der Waals surface area contributed by atoms with Crippen molar-refractivity contribution in [1.82, 2.24) is 4.98 Å². The molecule has 4 atom stereocenters. The molecule has 1 amide bonds. The van der Waals surface area contributed by atoms with E-state index < -0.39 is 12.2 Å². The number of rotatable bonds is 4. The summed E-state index contributed by atoms with van der Waals surface area (Å²) in [6, 6.07) is 3.21. The van der Waals surface area contributed by atoms with Gasteiger partial charge in [0.2, 0.25) is 0 Å². The smallest absolute Gasteiger partial charge is 0.253 e. The van der Waals surface area contributed by atoms with E-state index in [1.165, 1.54) is 6.20 Å². The first-order valence-corrected chi connectivity index (χ1v) is 6.72. The van der Waals surface area contributed by atoms with E-state index in [2.05, 4.69) is 10.3 Å². The molecule has 0 saturated carbocycles. The Kier molecular flexibility index (Phi) is 4.69. The lowest BCUT2D eigenvalue weighted by Crippen LogP contribution is -2.31. The minimum absolute atomic E-state index is 0.0981. The van der Waals surface area contributed by atoms with Crippen LogP contribution in [0, 0.1) is 5.92 Å². The van der Waals surface area contributed by atoms with Gasteiger partial charge in [-0.3, -0.25) is 9.78 Å². The van der Waals surface area contributed by atoms with Crippen molar-refractivity contribution in [1.29, 1.82) is 0 Å². The molecular formula is C14H20N2O4. The predicted octanol–water partition coefficient (Wildman–Crippen LogP) is 0.859. The van der Waals surface area contributed by atoms with Crippen molar-refractivity contribution in [3.05, 3.63) is 24.0 Å². The molecule has 6 nitrogen and oxygen atoms in total. The number of nitrogens with zero attached hydrogens (tertiary/aromatic N) is 1. The number of aliphatic hydroxyl groups is 2. The van der Waals surface area contributed by atoms with Crippen molar-refractivity contribution in [2.45, 2.75) is 38.6 Å². The van der Waals surface area contributed by atoms with E-state index in [4.69, 9.17) is 9.84 Å². The molecule has 4 unspecified atom stereocenters. The standard InChI is InChI=1S/C14H20N2O4/c1-8-5-9(2)20-13(8)14(19)16-10-3-4-11(15-6-10)12(18)7-17/h3-4,6,8-9,12-13,17-18H,5,7H2,1-2H3,(H,16,19). The third-order valence-electron chi connectivity index (χ3n) is 3.43. The Morgan fingerprint density at radius 1 is 1.55 bits per heavy atom. The second-order valence-corrected chi connectivity index (χ2v) is 5.24. The monoisotopic (exact) mass is 280 g/mol. The summed E-state index contributed by atoms with van der Waals surface area (Å²) in [5.74, 6) is 0.00699. The lowest BCUT2D eigenvalue weighted by molar-refractivity contribution is -0.127. The van der Waals surface area contributed by atoms with Gasteiger partial charge in [-0.05, 0) is 31.4 Å². The summed E-state index contributed by atoms with van der Waals surface area (Å²) in [7, 11) is 0. The van der Waals surface area contributed by atoms with Crippen LogP contribution in [0.25, 0.3) is 0 Å². The van der Waals surface area contributed by atoms with E-state index >= 15 is 0 Å². The van der Waals surface area contributed by atoms with Gasteiger partial charge in [0, 0.05) is 0 Å². The molecule has 110 valence electrons. The van der Waals surface area contributed by atoms with Gasteiger partial charge in [0.15, 0.2) is 0 Å². The average Bonchev–Trinajstić information content (AvgIpc) is 2.78. The van der Waals surface area contributed by atoms with E-state index in [9.17, 15) is 9.90 Å². The fourth-order valence-corrected chi connectivity index (χ4v) is 2.39. The zero-order valence-corrected chi connectivity index (χ0v) is 11.6. The molecule has 3 N–H and O–H groups in total. The Morgan fingerprint density at radius 3 is 2.80 bits per heavy atom. The first kappa shape index (κ1) is 14.9. The number of aromatic nitrogens is 1. The van der Waals surface area contributed by atoms with Gasteiger partial charge in [0.1, 0.15) is 12.2 Å². The van der Waals surface area contributed by atoms with Gasteiger partial charge < -0.3 is 20.3 Å². The largest absolute Gasteiger partial charge is 0.393 e. The number of ether oxygens (including phenoxy) is 1. The average molecular weight is 280 g/mol. The second-order valence-electron chi connectivity index (χ2n) is 5.24. The molecule has 2 rings (SSSR count). The van der Waals surface area contributed by atoms with Crippen LogP contribution < -0.4 is 5.32 Å². The Hall–Kier alpha value is -1.50. The van der Waals surface area contributed by atoms with E-state index in [0.29, 0.717) is 11.4 Å². The maximum Gasteiger partial charge on any atom is 0.253 e. The summed E-state index contributed by atoms with van der Waals surface area (Å²) in [6.07, 6.45) is 0.986. The minimum Gasteiger partial charge on any atom is -0.393 e. The van der Waals surface area contributed by atoms with Crippen LogP contribution in [0.2, 0.25) is 0 Å². The number of anilines is 1. The van der Waals surface area contributed by atoms with Gasteiger partial charge in [-0.2, -0.15) is 0 Å². The topological polar surface area (TPSA) is 91.7 Å². The van der Waals surface area contributed by atoms with Gasteiger partial charge >= 0.3 is 0 Å². The van der Waals surface area contributed by atoms with E-state index in [1.807, 2.05) is 13.8 Å². The van der Waals surface area contributed by atoms with Crippen molar-refractivity contribution in [3.8, 4) is 0 Å². The number of aliphatic hydroxyl groups excluding tert-OH is 2. The predicted molar refractivity (Wildman–Crippen MR) is 73.0 cm³/mol. The molecule has 1 fully saturated rings. The second kappa shape index (κ2) is 6.30. The Balaban J connectivity index is 1.98. The first-order chi connectivity index (χ1) is 9.51. The van der Waals surface area contributed by atoms with E-state index in [0.717, 1.165) is 6.42 Å². The summed E-state index contributed by atoms with van der Waals surface area (Å²) in [4.78, 5) is 16.1. The van der Waals surface area contributed by atoms with Gasteiger partial charge in [0.25, 0.3) is 5.91 Å². The molecule has 0 spiro atoms. The maximum atomic E-state index is 12.1. The number of pyridine rings is 1. The van der Waals surface area contributed by atoms with E-state index in [-0.39, 0.29) is 24.5 Å². The summed E-state index contributed by atoms with van der Waals surface area (Å²) >= 11 is 0. The van der Waals surface area contributed by atoms with Gasteiger partial charge in [-0.15, -0.1) is 0 Å². The Bertz CT molecular complexity index is 463. The minimum atomic E-state index is -1.00. The fourth-order valence-electron chi connectivity index (χ4n) is 2.39. The number of carbonyl (C=O) groups excluding carboxylic acids is 1. The van der Waals surface area contributed by atoms with Gasteiger partial charge in [-0.1, -0.05) is 6.92 Å². The van der Waals surface area contributed by atoms with Crippen LogP contribution in [0.4, 0.5) is 5.69 Å². The van der Waals surface area contributed by atoms with Crippen molar-refractivity contribution < 1.29 is 19.7 Å². The zero-order valence-electron chi connectivity index (χ0n) is 11.6. The zero-order chi connectivity index (χ0) is 14.7. The van der Waals surface area contributed by atoms with Crippen LogP contribution in [0.5, 0.6) is 0 Å². The number of hydrogen-bond donors (Lipinski definition) is 3. The van der Waals surface area contributed by atoms with Gasteiger partial charge in [0.05, 0.1) is 30.3 Å². The molecule has 0 radical (unpaired) electrons. The lowest BCUT2D eigenvalue weighted by atomic mass is 10.0. The molecule has 1 aromatic rings. The highest BCUT2D eigenvalue weighted by atomic mass is 16.5. The summed E-state index contributed by atoms with van der Waals surface area (Å²) in [5, 5.41) is 21.0. The SMILES string of the molecule is CC1CC(C)C(C(=O)Nc2ccc(C(O)CO)nc2)O1. The molecular weight excluding hydrogens is 260 g/mol. The highest BCUT2D eigenvalue weighted by Gasteiger charge is 2.34. The number of nitrogens with one attached hydrogen (secondary N) is 1. The lowest BCUT2D eigenvalue weighted by Gasteiger charge is -2.15. The molecule has 0 bridgehead atoms. The molecule has 6 heteroatoms. The van der Waals surface area contributed by atoms with E-state index in [1.54, 1.807) is 12.1 Å². The quantitative estimate of drug-likeness (QED) is 0.761. The summed E-state index contributed by atoms with van der Waals surface area (Å²) < 4.78 is 5.58. The third kappa shape index (κ3) is 3.33. The number of hydrogen-bond acceptors (Lipinski definition) is 5. The van der Waals surface area contributed by atoms with Crippen LogP contribution in [-0.2, 0) is 9.53 Å². The molecule has 20 heavy (non-hydrogen) atoms. The Morgan fingerprint density at radius 2 is 2.30 bits per heavy atom. The molecule has 0 aromatic carbocycles. The highest BCUT2D eigenvalue weighted by Crippen LogP contribution is 2.26. The summed E-state index contributed by atoms with van der Waals surface area (Å²) in [5.41, 5.74) is 0.906. The molecule has 1 aromatic heterocycles. The van der Waals surface area contributed by atoms with Gasteiger partial charge in [-0.25, -0.2) is 0 Å². The van der Waals surface area contributed by atoms with Crippen molar-refractivity contribution >= 4 is 11.6 Å². The highest BCUT2D eigenvalue weighted by molar-refractivity contribution is 5.94. The van der Waals surface area contributed by atoms with Crippen molar-refractivity contribution in [2.75, 3.05) is 11.9 Å². The molecule has 1 saturated heterocycles. The Labute approximate surface area is 117 Å².